The SMILES string of the molecule is CC(C)(C)OC(=O)N[C@@](O)(CCC1CCCCC1)C(=O)O. The number of amides is 1. The average Bonchev–Trinajstić information content (AvgIpc) is 2.35. The van der Waals surface area contributed by atoms with Gasteiger partial charge in [0.05, 0.1) is 0 Å². The lowest BCUT2D eigenvalue weighted by Gasteiger charge is -2.29. The van der Waals surface area contributed by atoms with E-state index >= 15 is 0 Å². The van der Waals surface area contributed by atoms with Gasteiger partial charge in [-0.05, 0) is 33.1 Å². The molecule has 0 aromatic carbocycles. The summed E-state index contributed by atoms with van der Waals surface area (Å²) < 4.78 is 5.00. The Morgan fingerprint density at radius 1 is 1.19 bits per heavy atom. The van der Waals surface area contributed by atoms with Crippen LogP contribution in [0.15, 0.2) is 0 Å². The van der Waals surface area contributed by atoms with Crippen molar-refractivity contribution >= 4 is 12.1 Å². The number of hydrogen-bond donors (Lipinski definition) is 3. The number of nitrogens with one attached hydrogen (secondary N) is 1. The van der Waals surface area contributed by atoms with Crippen molar-refractivity contribution in [2.45, 2.75) is 77.0 Å². The Labute approximate surface area is 125 Å². The molecule has 0 bridgehead atoms. The lowest BCUT2D eigenvalue weighted by molar-refractivity contribution is -0.163. The first kappa shape index (κ1) is 17.8. The number of carboxylic acids is 1. The summed E-state index contributed by atoms with van der Waals surface area (Å²) in [6, 6.07) is 0. The number of alkyl carbamates (subject to hydrolysis) is 1. The van der Waals surface area contributed by atoms with Crippen molar-refractivity contribution in [1.29, 1.82) is 0 Å². The molecular formula is C15H27NO5. The lowest BCUT2D eigenvalue weighted by Crippen LogP contribution is -2.55. The van der Waals surface area contributed by atoms with Crippen molar-refractivity contribution in [2.75, 3.05) is 0 Å². The zero-order valence-corrected chi connectivity index (χ0v) is 13.1. The molecule has 1 aliphatic rings. The third-order valence-corrected chi connectivity index (χ3v) is 3.70. The summed E-state index contributed by atoms with van der Waals surface area (Å²) >= 11 is 0. The Bertz CT molecular complexity index is 371. The van der Waals surface area contributed by atoms with Crippen LogP contribution in [0.25, 0.3) is 0 Å². The normalized spacial score (nSPS) is 19.6. The van der Waals surface area contributed by atoms with Gasteiger partial charge in [0.15, 0.2) is 0 Å². The molecule has 3 N–H and O–H groups in total. The van der Waals surface area contributed by atoms with E-state index in [1.165, 1.54) is 6.42 Å². The first-order valence-corrected chi connectivity index (χ1v) is 7.59. The topological polar surface area (TPSA) is 95.9 Å². The van der Waals surface area contributed by atoms with E-state index in [1.54, 1.807) is 20.8 Å². The Morgan fingerprint density at radius 2 is 1.76 bits per heavy atom. The molecule has 1 saturated carbocycles. The summed E-state index contributed by atoms with van der Waals surface area (Å²) in [5, 5.41) is 21.4. The van der Waals surface area contributed by atoms with Crippen LogP contribution in [0, 0.1) is 5.92 Å². The van der Waals surface area contributed by atoms with Crippen LogP contribution in [0.2, 0.25) is 0 Å². The van der Waals surface area contributed by atoms with E-state index in [2.05, 4.69) is 5.32 Å². The maximum Gasteiger partial charge on any atom is 0.410 e. The minimum atomic E-state index is -2.26. The quantitative estimate of drug-likeness (QED) is 0.678. The van der Waals surface area contributed by atoms with E-state index in [9.17, 15) is 19.8 Å². The van der Waals surface area contributed by atoms with Crippen LogP contribution in [-0.2, 0) is 9.53 Å². The minimum absolute atomic E-state index is 0.00770. The fourth-order valence-electron chi connectivity index (χ4n) is 2.58. The summed E-state index contributed by atoms with van der Waals surface area (Å²) in [6.07, 6.45) is 5.28. The molecule has 0 saturated heterocycles. The number of ether oxygens (including phenoxy) is 1. The first-order valence-electron chi connectivity index (χ1n) is 7.59. The van der Waals surface area contributed by atoms with Gasteiger partial charge in [-0.3, -0.25) is 5.32 Å². The average molecular weight is 301 g/mol. The highest BCUT2D eigenvalue weighted by atomic mass is 16.6. The Hall–Kier alpha value is -1.30. The van der Waals surface area contributed by atoms with Crippen molar-refractivity contribution in [3.8, 4) is 0 Å². The number of carbonyl (C=O) groups excluding carboxylic acids is 1. The standard InChI is InChI=1S/C15H27NO5/c1-14(2,3)21-13(19)16-15(20,12(17)18)10-9-11-7-5-4-6-8-11/h11,20H,4-10H2,1-3H3,(H,16,19)(H,17,18)/t15-/m1/s1. The van der Waals surface area contributed by atoms with Crippen LogP contribution in [0.1, 0.15) is 65.7 Å². The zero-order chi connectivity index (χ0) is 16.1. The molecule has 1 atom stereocenters. The highest BCUT2D eigenvalue weighted by Crippen LogP contribution is 2.29. The molecule has 0 aliphatic heterocycles. The third-order valence-electron chi connectivity index (χ3n) is 3.70. The smallest absolute Gasteiger partial charge is 0.410 e. The highest BCUT2D eigenvalue weighted by Gasteiger charge is 2.39. The second kappa shape index (κ2) is 7.11. The van der Waals surface area contributed by atoms with Crippen molar-refractivity contribution < 1.29 is 24.5 Å². The molecule has 0 spiro atoms. The largest absolute Gasteiger partial charge is 0.478 e. The monoisotopic (exact) mass is 301 g/mol. The highest BCUT2D eigenvalue weighted by molar-refractivity contribution is 5.82. The van der Waals surface area contributed by atoms with Crippen LogP contribution in [0.5, 0.6) is 0 Å². The number of carboxylic acid groups (broad SMARTS) is 1. The van der Waals surface area contributed by atoms with Gasteiger partial charge >= 0.3 is 12.1 Å². The summed E-state index contributed by atoms with van der Waals surface area (Å²) in [4.78, 5) is 22.9. The van der Waals surface area contributed by atoms with E-state index < -0.39 is 23.4 Å². The predicted octanol–water partition coefficient (Wildman–Crippen LogP) is 2.64. The van der Waals surface area contributed by atoms with Gasteiger partial charge in [0.2, 0.25) is 5.72 Å². The Kier molecular flexibility index (Phi) is 6.01. The second-order valence-corrected chi connectivity index (χ2v) is 6.84. The Balaban J connectivity index is 2.56. The van der Waals surface area contributed by atoms with Crippen molar-refractivity contribution in [3.05, 3.63) is 0 Å². The van der Waals surface area contributed by atoms with E-state index in [-0.39, 0.29) is 6.42 Å². The molecule has 6 heteroatoms. The molecule has 1 amide bonds. The van der Waals surface area contributed by atoms with Crippen LogP contribution in [-0.4, -0.2) is 33.6 Å². The van der Waals surface area contributed by atoms with Crippen molar-refractivity contribution in [2.24, 2.45) is 5.92 Å². The third kappa shape index (κ3) is 6.33. The van der Waals surface area contributed by atoms with Gasteiger partial charge < -0.3 is 14.9 Å². The van der Waals surface area contributed by atoms with E-state index in [4.69, 9.17) is 4.74 Å². The van der Waals surface area contributed by atoms with Crippen LogP contribution < -0.4 is 5.32 Å². The number of rotatable bonds is 5. The molecule has 122 valence electrons. The molecule has 0 aromatic heterocycles. The van der Waals surface area contributed by atoms with Gasteiger partial charge in [0, 0.05) is 6.42 Å². The molecule has 0 heterocycles. The van der Waals surface area contributed by atoms with Crippen LogP contribution >= 0.6 is 0 Å². The summed E-state index contributed by atoms with van der Waals surface area (Å²) in [7, 11) is 0. The number of aliphatic carboxylic acids is 1. The molecule has 6 nitrogen and oxygen atoms in total. The first-order chi connectivity index (χ1) is 9.62. The van der Waals surface area contributed by atoms with E-state index in [1.807, 2.05) is 0 Å². The van der Waals surface area contributed by atoms with E-state index in [0.717, 1.165) is 25.7 Å². The molecule has 0 aromatic rings. The molecule has 21 heavy (non-hydrogen) atoms. The fourth-order valence-corrected chi connectivity index (χ4v) is 2.58. The Morgan fingerprint density at radius 3 is 2.24 bits per heavy atom. The fraction of sp³-hybridized carbons (Fsp3) is 0.867. The molecule has 1 fully saturated rings. The van der Waals surface area contributed by atoms with Gasteiger partial charge in [0.1, 0.15) is 5.60 Å². The van der Waals surface area contributed by atoms with Gasteiger partial charge in [-0.25, -0.2) is 9.59 Å². The zero-order valence-electron chi connectivity index (χ0n) is 13.1. The van der Waals surface area contributed by atoms with Crippen molar-refractivity contribution in [3.63, 3.8) is 0 Å². The second-order valence-electron chi connectivity index (χ2n) is 6.84. The molecule has 1 aliphatic carbocycles. The van der Waals surface area contributed by atoms with E-state index in [0.29, 0.717) is 12.3 Å². The minimum Gasteiger partial charge on any atom is -0.478 e. The lowest BCUT2D eigenvalue weighted by atomic mass is 9.84. The maximum atomic E-state index is 11.7. The summed E-state index contributed by atoms with van der Waals surface area (Å²) in [5.74, 6) is -1.03. The van der Waals surface area contributed by atoms with Crippen molar-refractivity contribution in [1.82, 2.24) is 5.32 Å². The maximum absolute atomic E-state index is 11.7. The number of carbonyl (C=O) groups is 2. The van der Waals surface area contributed by atoms with Gasteiger partial charge in [0.25, 0.3) is 0 Å². The summed E-state index contributed by atoms with van der Waals surface area (Å²) in [6.45, 7) is 5.03. The molecule has 0 unspecified atom stereocenters. The number of hydrogen-bond acceptors (Lipinski definition) is 4. The predicted molar refractivity (Wildman–Crippen MR) is 77.8 cm³/mol. The van der Waals surface area contributed by atoms with Gasteiger partial charge in [-0.1, -0.05) is 32.1 Å². The van der Waals surface area contributed by atoms with Crippen LogP contribution in [0.4, 0.5) is 4.79 Å². The van der Waals surface area contributed by atoms with Crippen LogP contribution in [0.3, 0.4) is 0 Å². The van der Waals surface area contributed by atoms with Gasteiger partial charge in [-0.2, -0.15) is 0 Å². The molecule has 1 rings (SSSR count). The molecule has 0 radical (unpaired) electrons. The summed E-state index contributed by atoms with van der Waals surface area (Å²) in [5.41, 5.74) is -3.01. The number of aliphatic hydroxyl groups is 1. The van der Waals surface area contributed by atoms with Gasteiger partial charge in [-0.15, -0.1) is 0 Å². The molecular weight excluding hydrogens is 274 g/mol.